The molecule has 2 unspecified atom stereocenters. The number of thioether (sulfide) groups is 1. The Labute approximate surface area is 212 Å². The zero-order chi connectivity index (χ0) is 26.4. The monoisotopic (exact) mass is 506 g/mol. The summed E-state index contributed by atoms with van der Waals surface area (Å²) in [4.78, 5) is 40.6. The van der Waals surface area contributed by atoms with Gasteiger partial charge in [0.15, 0.2) is 0 Å². The number of phenols is 1. The van der Waals surface area contributed by atoms with E-state index in [0.29, 0.717) is 24.3 Å². The molecule has 0 aliphatic heterocycles. The van der Waals surface area contributed by atoms with Gasteiger partial charge in [0.05, 0.1) is 6.07 Å². The number of aromatic hydroxyl groups is 1. The Morgan fingerprint density at radius 2 is 1.86 bits per heavy atom. The first-order chi connectivity index (χ1) is 16.5. The number of ether oxygens (including phenoxy) is 1. The van der Waals surface area contributed by atoms with Gasteiger partial charge in [-0.15, -0.1) is 0 Å². The molecule has 0 fully saturated rings. The molecule has 0 aliphatic rings. The zero-order valence-electron chi connectivity index (χ0n) is 21.3. The van der Waals surface area contributed by atoms with Crippen molar-refractivity contribution < 1.29 is 24.2 Å². The Hall–Kier alpha value is -2.93. The fourth-order valence-corrected chi connectivity index (χ4v) is 3.80. The van der Waals surface area contributed by atoms with E-state index in [-0.39, 0.29) is 12.3 Å². The summed E-state index contributed by atoms with van der Waals surface area (Å²) in [5, 5.41) is 24.7. The smallest absolute Gasteiger partial charge is 0.408 e. The highest BCUT2D eigenvalue weighted by molar-refractivity contribution is 7.98. The van der Waals surface area contributed by atoms with Gasteiger partial charge in [-0.05, 0) is 63.3 Å². The van der Waals surface area contributed by atoms with Crippen molar-refractivity contribution in [1.29, 1.82) is 5.26 Å². The molecule has 0 aliphatic carbocycles. The Balaban J connectivity index is 3.31. The van der Waals surface area contributed by atoms with Gasteiger partial charge in [0.25, 0.3) is 0 Å². The molecule has 1 rings (SSSR count). The number of hydrogen-bond acceptors (Lipinski definition) is 7. The second kappa shape index (κ2) is 15.1. The second-order valence-corrected chi connectivity index (χ2v) is 10.1. The lowest BCUT2D eigenvalue weighted by Gasteiger charge is -2.33. The summed E-state index contributed by atoms with van der Waals surface area (Å²) in [6.45, 7) is 7.28. The second-order valence-electron chi connectivity index (χ2n) is 9.10. The fourth-order valence-electron chi connectivity index (χ4n) is 3.33. The van der Waals surface area contributed by atoms with E-state index in [2.05, 4.69) is 17.6 Å². The number of amides is 3. The molecule has 35 heavy (non-hydrogen) atoms. The summed E-state index contributed by atoms with van der Waals surface area (Å²) < 4.78 is 5.32. The molecule has 0 radical (unpaired) electrons. The third-order valence-electron chi connectivity index (χ3n) is 4.97. The van der Waals surface area contributed by atoms with E-state index in [1.807, 2.05) is 12.3 Å². The van der Waals surface area contributed by atoms with Crippen LogP contribution >= 0.6 is 11.8 Å². The first-order valence-corrected chi connectivity index (χ1v) is 13.2. The molecule has 0 saturated carbocycles. The lowest BCUT2D eigenvalue weighted by Crippen LogP contribution is -2.53. The van der Waals surface area contributed by atoms with E-state index in [4.69, 9.17) is 4.74 Å². The molecule has 0 aromatic heterocycles. The lowest BCUT2D eigenvalue weighted by atomic mass is 10.0. The molecule has 1 aromatic rings. The number of nitrogens with zero attached hydrogens (tertiary/aromatic N) is 2. The van der Waals surface area contributed by atoms with Gasteiger partial charge < -0.3 is 25.4 Å². The maximum Gasteiger partial charge on any atom is 0.408 e. The highest BCUT2D eigenvalue weighted by atomic mass is 32.2. The molecule has 1 aromatic carbocycles. The van der Waals surface area contributed by atoms with Gasteiger partial charge in [-0.25, -0.2) is 4.79 Å². The van der Waals surface area contributed by atoms with Crippen molar-refractivity contribution >= 4 is 29.7 Å². The number of carbonyl (C=O) groups is 3. The normalized spacial score (nSPS) is 12.7. The van der Waals surface area contributed by atoms with E-state index in [9.17, 15) is 24.8 Å². The molecule has 194 valence electrons. The van der Waals surface area contributed by atoms with Crippen molar-refractivity contribution in [2.24, 2.45) is 0 Å². The minimum atomic E-state index is -1.11. The maximum absolute atomic E-state index is 13.7. The molecule has 9 nitrogen and oxygen atoms in total. The van der Waals surface area contributed by atoms with Crippen LogP contribution in [0.2, 0.25) is 0 Å². The van der Waals surface area contributed by atoms with Crippen LogP contribution in [0.5, 0.6) is 5.75 Å². The molecule has 0 heterocycles. The topological polar surface area (TPSA) is 132 Å². The third-order valence-corrected chi connectivity index (χ3v) is 5.62. The van der Waals surface area contributed by atoms with Crippen LogP contribution in [0.25, 0.3) is 0 Å². The van der Waals surface area contributed by atoms with Crippen LogP contribution in [0.1, 0.15) is 65.0 Å². The quantitative estimate of drug-likeness (QED) is 0.274. The molecular formula is C25H38N4O5S. The largest absolute Gasteiger partial charge is 0.508 e. The van der Waals surface area contributed by atoms with Gasteiger partial charge in [0.2, 0.25) is 11.8 Å². The SMILES string of the molecule is CCCCCNC(=O)C(c1ccc(O)cc1)N(CC#N)C(=O)C(CCSC)NC(=O)OC(C)(C)C. The average molecular weight is 507 g/mol. The first kappa shape index (κ1) is 30.1. The van der Waals surface area contributed by atoms with Gasteiger partial charge >= 0.3 is 6.09 Å². The Morgan fingerprint density at radius 3 is 2.40 bits per heavy atom. The lowest BCUT2D eigenvalue weighted by molar-refractivity contribution is -0.141. The highest BCUT2D eigenvalue weighted by Crippen LogP contribution is 2.25. The van der Waals surface area contributed by atoms with Crippen molar-refractivity contribution in [3.05, 3.63) is 29.8 Å². The first-order valence-electron chi connectivity index (χ1n) is 11.8. The molecule has 3 amide bonds. The van der Waals surface area contributed by atoms with Crippen LogP contribution in [0, 0.1) is 11.3 Å². The summed E-state index contributed by atoms with van der Waals surface area (Å²) in [5.41, 5.74) is -0.309. The summed E-state index contributed by atoms with van der Waals surface area (Å²) in [6.07, 6.45) is 4.14. The summed E-state index contributed by atoms with van der Waals surface area (Å²) in [7, 11) is 0. The van der Waals surface area contributed by atoms with Crippen molar-refractivity contribution in [1.82, 2.24) is 15.5 Å². The van der Waals surface area contributed by atoms with Gasteiger partial charge in [0, 0.05) is 6.54 Å². The number of nitrogens with one attached hydrogen (secondary N) is 2. The molecular weight excluding hydrogens is 468 g/mol. The van der Waals surface area contributed by atoms with Crippen LogP contribution in [0.15, 0.2) is 24.3 Å². The molecule has 10 heteroatoms. The van der Waals surface area contributed by atoms with E-state index < -0.39 is 35.6 Å². The number of alkyl carbamates (subject to hydrolysis) is 1. The van der Waals surface area contributed by atoms with Crippen molar-refractivity contribution in [2.45, 2.75) is 71.1 Å². The Morgan fingerprint density at radius 1 is 1.20 bits per heavy atom. The van der Waals surface area contributed by atoms with E-state index in [1.165, 1.54) is 28.8 Å². The number of unbranched alkanes of at least 4 members (excludes halogenated alkanes) is 2. The molecule has 0 saturated heterocycles. The van der Waals surface area contributed by atoms with Crippen molar-refractivity contribution in [3.8, 4) is 11.8 Å². The zero-order valence-corrected chi connectivity index (χ0v) is 22.1. The third kappa shape index (κ3) is 10.9. The maximum atomic E-state index is 13.7. The van der Waals surface area contributed by atoms with Crippen molar-refractivity contribution in [3.63, 3.8) is 0 Å². The summed E-state index contributed by atoms with van der Waals surface area (Å²) in [6, 6.07) is 5.80. The fraction of sp³-hybridized carbons (Fsp3) is 0.600. The number of hydrogen-bond donors (Lipinski definition) is 3. The van der Waals surface area contributed by atoms with Gasteiger partial charge in [-0.3, -0.25) is 9.59 Å². The van der Waals surface area contributed by atoms with Crippen LogP contribution in [-0.4, -0.2) is 64.7 Å². The van der Waals surface area contributed by atoms with Crippen LogP contribution in [-0.2, 0) is 14.3 Å². The van der Waals surface area contributed by atoms with Crippen LogP contribution < -0.4 is 10.6 Å². The Kier molecular flexibility index (Phi) is 13.0. The molecule has 0 bridgehead atoms. The summed E-state index contributed by atoms with van der Waals surface area (Å²) in [5.74, 6) is -0.414. The van der Waals surface area contributed by atoms with Crippen LogP contribution in [0.4, 0.5) is 4.79 Å². The Bertz CT molecular complexity index is 864. The standard InChI is InChI=1S/C25H38N4O5S/c1-6-7-8-15-27-22(31)21(18-9-11-19(30)12-10-18)29(16-14-26)23(32)20(13-17-35-5)28-24(33)34-25(2,3)4/h9-12,20-21,30H,6-8,13,15-17H2,1-5H3,(H,27,31)(H,28,33). The van der Waals surface area contributed by atoms with Crippen LogP contribution in [0.3, 0.4) is 0 Å². The number of benzene rings is 1. The molecule has 3 N–H and O–H groups in total. The number of phenolic OH excluding ortho intramolecular Hbond substituents is 1. The van der Waals surface area contributed by atoms with Gasteiger partial charge in [0.1, 0.15) is 30.0 Å². The number of carbonyl (C=O) groups excluding carboxylic acids is 3. The van der Waals surface area contributed by atoms with E-state index in [0.717, 1.165) is 19.3 Å². The van der Waals surface area contributed by atoms with Crippen molar-refractivity contribution in [2.75, 3.05) is 25.1 Å². The highest BCUT2D eigenvalue weighted by Gasteiger charge is 2.36. The molecule has 2 atom stereocenters. The predicted octanol–water partition coefficient (Wildman–Crippen LogP) is 3.74. The van der Waals surface area contributed by atoms with E-state index >= 15 is 0 Å². The van der Waals surface area contributed by atoms with E-state index in [1.54, 1.807) is 32.9 Å². The van der Waals surface area contributed by atoms with Gasteiger partial charge in [-0.2, -0.15) is 17.0 Å². The number of nitriles is 1. The predicted molar refractivity (Wildman–Crippen MR) is 137 cm³/mol. The minimum Gasteiger partial charge on any atom is -0.508 e. The molecule has 0 spiro atoms. The average Bonchev–Trinajstić information content (AvgIpc) is 2.78. The number of rotatable bonds is 13. The minimum absolute atomic E-state index is 0.0125. The van der Waals surface area contributed by atoms with Gasteiger partial charge in [-0.1, -0.05) is 31.9 Å². The summed E-state index contributed by atoms with van der Waals surface area (Å²) >= 11 is 1.51.